The minimum Gasteiger partial charge on any atom is -0.381 e. The summed E-state index contributed by atoms with van der Waals surface area (Å²) >= 11 is 0. The Bertz CT molecular complexity index is 317. The molecule has 2 amide bonds. The van der Waals surface area contributed by atoms with Crippen LogP contribution in [0.15, 0.2) is 0 Å². The molecule has 0 bridgehead atoms. The van der Waals surface area contributed by atoms with Crippen LogP contribution in [-0.4, -0.2) is 31.8 Å². The predicted molar refractivity (Wildman–Crippen MR) is 111 cm³/mol. The van der Waals surface area contributed by atoms with Crippen LogP contribution in [0, 0.1) is 0 Å². The largest absolute Gasteiger partial charge is 0.381 e. The van der Waals surface area contributed by atoms with Crippen molar-refractivity contribution in [1.82, 2.24) is 10.6 Å². The van der Waals surface area contributed by atoms with Crippen LogP contribution in [0.3, 0.4) is 0 Å². The van der Waals surface area contributed by atoms with Crippen LogP contribution in [0.25, 0.3) is 0 Å². The summed E-state index contributed by atoms with van der Waals surface area (Å²) in [6.07, 6.45) is 20.6. The predicted octanol–water partition coefficient (Wildman–Crippen LogP) is 5.95. The van der Waals surface area contributed by atoms with E-state index < -0.39 is 0 Å². The summed E-state index contributed by atoms with van der Waals surface area (Å²) in [5.74, 6) is 0. The summed E-state index contributed by atoms with van der Waals surface area (Å²) in [5.41, 5.74) is 0. The van der Waals surface area contributed by atoms with Crippen LogP contribution >= 0.6 is 0 Å². The maximum Gasteiger partial charge on any atom is 0.315 e. The van der Waals surface area contributed by atoms with Gasteiger partial charge in [-0.15, -0.1) is 0 Å². The lowest BCUT2D eigenvalue weighted by atomic mass is 9.96. The highest BCUT2D eigenvalue weighted by Crippen LogP contribution is 2.17. The van der Waals surface area contributed by atoms with E-state index in [1.807, 2.05) is 0 Å². The number of ether oxygens (including phenoxy) is 1. The highest BCUT2D eigenvalue weighted by Gasteiger charge is 2.14. The first-order valence-corrected chi connectivity index (χ1v) is 11.4. The third-order valence-electron chi connectivity index (χ3n) is 5.33. The Labute approximate surface area is 162 Å². The smallest absolute Gasteiger partial charge is 0.315 e. The summed E-state index contributed by atoms with van der Waals surface area (Å²) < 4.78 is 5.67. The van der Waals surface area contributed by atoms with Crippen LogP contribution in [0.2, 0.25) is 0 Å². The zero-order valence-corrected chi connectivity index (χ0v) is 17.3. The number of amides is 2. The molecule has 1 saturated carbocycles. The van der Waals surface area contributed by atoms with E-state index >= 15 is 0 Å². The van der Waals surface area contributed by atoms with Gasteiger partial charge in [-0.05, 0) is 25.7 Å². The Morgan fingerprint density at radius 2 is 1.38 bits per heavy atom. The average Bonchev–Trinajstić information content (AvgIpc) is 2.65. The lowest BCUT2D eigenvalue weighted by Crippen LogP contribution is -2.43. The summed E-state index contributed by atoms with van der Waals surface area (Å²) in [6.45, 7) is 4.59. The minimum absolute atomic E-state index is 0.00778. The van der Waals surface area contributed by atoms with Crippen molar-refractivity contribution in [3.8, 4) is 0 Å². The van der Waals surface area contributed by atoms with Crippen LogP contribution in [-0.2, 0) is 4.74 Å². The van der Waals surface area contributed by atoms with Crippen molar-refractivity contribution in [2.75, 3.05) is 19.8 Å². The van der Waals surface area contributed by atoms with Crippen molar-refractivity contribution in [1.29, 1.82) is 0 Å². The molecule has 0 heterocycles. The van der Waals surface area contributed by atoms with Gasteiger partial charge in [0.2, 0.25) is 0 Å². The van der Waals surface area contributed by atoms with Crippen molar-refractivity contribution >= 4 is 6.03 Å². The molecule has 0 aromatic rings. The van der Waals surface area contributed by atoms with Gasteiger partial charge in [0.1, 0.15) is 0 Å². The maximum atomic E-state index is 11.8. The van der Waals surface area contributed by atoms with Crippen molar-refractivity contribution in [3.63, 3.8) is 0 Å². The highest BCUT2D eigenvalue weighted by molar-refractivity contribution is 5.74. The fourth-order valence-corrected chi connectivity index (χ4v) is 3.65. The van der Waals surface area contributed by atoms with Crippen molar-refractivity contribution in [2.45, 2.75) is 116 Å². The highest BCUT2D eigenvalue weighted by atomic mass is 16.5. The molecule has 1 rings (SSSR count). The summed E-state index contributed by atoms with van der Waals surface area (Å²) in [7, 11) is 0. The van der Waals surface area contributed by atoms with E-state index in [2.05, 4.69) is 17.6 Å². The van der Waals surface area contributed by atoms with Gasteiger partial charge in [-0.1, -0.05) is 84.0 Å². The van der Waals surface area contributed by atoms with E-state index in [1.54, 1.807) is 0 Å². The van der Waals surface area contributed by atoms with E-state index in [9.17, 15) is 4.79 Å². The first-order chi connectivity index (χ1) is 12.8. The molecule has 4 heteroatoms. The molecule has 0 atom stereocenters. The van der Waals surface area contributed by atoms with E-state index in [-0.39, 0.29) is 6.03 Å². The molecule has 4 nitrogen and oxygen atoms in total. The quantitative estimate of drug-likeness (QED) is 0.331. The Morgan fingerprint density at radius 1 is 0.808 bits per heavy atom. The third-order valence-corrected chi connectivity index (χ3v) is 5.33. The molecule has 1 aliphatic rings. The van der Waals surface area contributed by atoms with Gasteiger partial charge in [-0.2, -0.15) is 0 Å². The van der Waals surface area contributed by atoms with E-state index in [0.29, 0.717) is 12.6 Å². The number of nitrogens with one attached hydrogen (secondary N) is 2. The lowest BCUT2D eigenvalue weighted by molar-refractivity contribution is 0.127. The van der Waals surface area contributed by atoms with Crippen molar-refractivity contribution < 1.29 is 9.53 Å². The Balaban J connectivity index is 1.73. The first-order valence-electron chi connectivity index (χ1n) is 11.4. The summed E-state index contributed by atoms with van der Waals surface area (Å²) in [4.78, 5) is 11.8. The number of hydrogen-bond donors (Lipinski definition) is 2. The molecule has 154 valence electrons. The number of carbonyl (C=O) groups excluding carboxylic acids is 1. The first kappa shape index (κ1) is 23.3. The topological polar surface area (TPSA) is 50.4 Å². The molecule has 0 aromatic carbocycles. The van der Waals surface area contributed by atoms with Gasteiger partial charge < -0.3 is 15.4 Å². The Morgan fingerprint density at radius 3 is 2.04 bits per heavy atom. The fourth-order valence-electron chi connectivity index (χ4n) is 3.65. The second-order valence-corrected chi connectivity index (χ2v) is 7.88. The Kier molecular flexibility index (Phi) is 15.8. The van der Waals surface area contributed by atoms with Crippen LogP contribution in [0.1, 0.15) is 110 Å². The van der Waals surface area contributed by atoms with E-state index in [0.717, 1.165) is 32.5 Å². The van der Waals surface area contributed by atoms with Gasteiger partial charge >= 0.3 is 6.03 Å². The van der Waals surface area contributed by atoms with Crippen LogP contribution in [0.5, 0.6) is 0 Å². The SMILES string of the molecule is CCCCCCCCCCCCOCCCNC(=O)NC1CCCCC1. The number of hydrogen-bond acceptors (Lipinski definition) is 2. The Hall–Kier alpha value is -0.770. The molecule has 1 aliphatic carbocycles. The van der Waals surface area contributed by atoms with E-state index in [4.69, 9.17) is 4.74 Å². The molecule has 0 saturated heterocycles. The van der Waals surface area contributed by atoms with Crippen molar-refractivity contribution in [2.24, 2.45) is 0 Å². The molecular formula is C22H44N2O2. The maximum absolute atomic E-state index is 11.8. The molecule has 0 aliphatic heterocycles. The summed E-state index contributed by atoms with van der Waals surface area (Å²) in [5, 5.41) is 6.02. The number of rotatable bonds is 16. The lowest BCUT2D eigenvalue weighted by Gasteiger charge is -2.22. The van der Waals surface area contributed by atoms with Crippen molar-refractivity contribution in [3.05, 3.63) is 0 Å². The van der Waals surface area contributed by atoms with Gasteiger partial charge in [0, 0.05) is 25.8 Å². The second kappa shape index (κ2) is 17.6. The number of urea groups is 1. The zero-order chi connectivity index (χ0) is 18.7. The average molecular weight is 369 g/mol. The normalized spacial score (nSPS) is 15.1. The van der Waals surface area contributed by atoms with E-state index in [1.165, 1.54) is 83.5 Å². The number of unbranched alkanes of at least 4 members (excludes halogenated alkanes) is 9. The zero-order valence-electron chi connectivity index (χ0n) is 17.3. The number of carbonyl (C=O) groups is 1. The van der Waals surface area contributed by atoms with Crippen LogP contribution in [0.4, 0.5) is 4.79 Å². The molecule has 0 radical (unpaired) electrons. The molecule has 0 aromatic heterocycles. The second-order valence-electron chi connectivity index (χ2n) is 7.88. The van der Waals surface area contributed by atoms with Gasteiger partial charge in [-0.25, -0.2) is 4.79 Å². The van der Waals surface area contributed by atoms with Gasteiger partial charge in [-0.3, -0.25) is 0 Å². The molecule has 26 heavy (non-hydrogen) atoms. The standard InChI is InChI=1S/C22H44N2O2/c1-2-3-4-5-6-7-8-9-10-14-19-26-20-15-18-23-22(25)24-21-16-12-11-13-17-21/h21H,2-20H2,1H3,(H2,23,24,25). The van der Waals surface area contributed by atoms with Gasteiger partial charge in [0.05, 0.1) is 0 Å². The van der Waals surface area contributed by atoms with Gasteiger partial charge in [0.25, 0.3) is 0 Å². The monoisotopic (exact) mass is 368 g/mol. The van der Waals surface area contributed by atoms with Gasteiger partial charge in [0.15, 0.2) is 0 Å². The molecule has 1 fully saturated rings. The molecule has 0 unspecified atom stereocenters. The molecular weight excluding hydrogens is 324 g/mol. The summed E-state index contributed by atoms with van der Waals surface area (Å²) in [6, 6.07) is 0.378. The molecule has 2 N–H and O–H groups in total. The molecule has 0 spiro atoms. The van der Waals surface area contributed by atoms with Crippen LogP contribution < -0.4 is 10.6 Å². The minimum atomic E-state index is -0.00778. The third kappa shape index (κ3) is 14.4. The fraction of sp³-hybridized carbons (Fsp3) is 0.955.